The van der Waals surface area contributed by atoms with E-state index in [2.05, 4.69) is 10.6 Å². The maximum Gasteiger partial charge on any atom is 0.234 e. The largest absolute Gasteiger partial charge is 0.348 e. The minimum Gasteiger partial charge on any atom is -0.348 e. The minimum absolute atomic E-state index is 0.104. The molecule has 0 radical (unpaired) electrons. The first kappa shape index (κ1) is 9.93. The zero-order chi connectivity index (χ0) is 10.2. The molecule has 2 unspecified atom stereocenters. The molecule has 2 N–H and O–H groups in total. The van der Waals surface area contributed by atoms with E-state index >= 15 is 0 Å². The highest BCUT2D eigenvalue weighted by molar-refractivity contribution is 5.79. The number of hydrogen-bond donors (Lipinski definition) is 2. The number of carbonyl (C=O) groups is 1. The van der Waals surface area contributed by atoms with Gasteiger partial charge in [0.05, 0.1) is 12.1 Å². The van der Waals surface area contributed by atoms with Crippen LogP contribution in [-0.4, -0.2) is 50.1 Å². The number of rotatable bonds is 3. The topological polar surface area (TPSA) is 44.4 Å². The van der Waals surface area contributed by atoms with Crippen LogP contribution in [0.25, 0.3) is 0 Å². The highest BCUT2D eigenvalue weighted by Crippen LogP contribution is 2.40. The minimum atomic E-state index is 0.104. The molecule has 0 spiro atoms. The van der Waals surface area contributed by atoms with Crippen LogP contribution in [0.5, 0.6) is 0 Å². The van der Waals surface area contributed by atoms with Crippen molar-refractivity contribution in [2.45, 2.75) is 18.4 Å². The van der Waals surface area contributed by atoms with Crippen LogP contribution >= 0.6 is 0 Å². The van der Waals surface area contributed by atoms with E-state index in [9.17, 15) is 4.79 Å². The van der Waals surface area contributed by atoms with Gasteiger partial charge in [-0.25, -0.2) is 0 Å². The number of amides is 1. The summed E-state index contributed by atoms with van der Waals surface area (Å²) in [7, 11) is 3.84. The van der Waals surface area contributed by atoms with Gasteiger partial charge in [0.25, 0.3) is 0 Å². The summed E-state index contributed by atoms with van der Waals surface area (Å²) in [5.41, 5.74) is 0.104. The summed E-state index contributed by atoms with van der Waals surface area (Å²) >= 11 is 0. The molecule has 4 heteroatoms. The summed E-state index contributed by atoms with van der Waals surface area (Å²) in [4.78, 5) is 13.5. The van der Waals surface area contributed by atoms with Crippen LogP contribution in [0.2, 0.25) is 0 Å². The maximum atomic E-state index is 11.6. The first-order chi connectivity index (χ1) is 6.62. The summed E-state index contributed by atoms with van der Waals surface area (Å²) < 4.78 is 0. The molecule has 2 fully saturated rings. The molecule has 0 aromatic carbocycles. The predicted octanol–water partition coefficient (Wildman–Crippen LogP) is -0.584. The lowest BCUT2D eigenvalue weighted by molar-refractivity contribution is -0.125. The second kappa shape index (κ2) is 3.51. The lowest BCUT2D eigenvalue weighted by atomic mass is 9.69. The molecule has 2 atom stereocenters. The van der Waals surface area contributed by atoms with Gasteiger partial charge >= 0.3 is 0 Å². The second-order valence-corrected chi connectivity index (χ2v) is 4.81. The Kier molecular flexibility index (Phi) is 2.49. The Hall–Kier alpha value is -0.610. The van der Waals surface area contributed by atoms with Crippen molar-refractivity contribution >= 4 is 5.91 Å². The first-order valence-electron chi connectivity index (χ1n) is 5.29. The van der Waals surface area contributed by atoms with E-state index in [-0.39, 0.29) is 11.4 Å². The molecule has 2 rings (SSSR count). The molecule has 1 saturated heterocycles. The highest BCUT2D eigenvalue weighted by atomic mass is 16.2. The summed E-state index contributed by atoms with van der Waals surface area (Å²) in [6.45, 7) is 2.52. The van der Waals surface area contributed by atoms with E-state index < -0.39 is 0 Å². The molecule has 0 aromatic rings. The smallest absolute Gasteiger partial charge is 0.234 e. The fourth-order valence-corrected chi connectivity index (χ4v) is 2.51. The molecule has 2 aliphatic rings. The second-order valence-electron chi connectivity index (χ2n) is 4.81. The van der Waals surface area contributed by atoms with Crippen LogP contribution in [-0.2, 0) is 4.79 Å². The van der Waals surface area contributed by atoms with E-state index in [0.717, 1.165) is 19.5 Å². The molecule has 1 aliphatic carbocycles. The highest BCUT2D eigenvalue weighted by Gasteiger charge is 2.50. The third-order valence-corrected chi connectivity index (χ3v) is 3.40. The van der Waals surface area contributed by atoms with Crippen molar-refractivity contribution in [3.05, 3.63) is 0 Å². The van der Waals surface area contributed by atoms with Gasteiger partial charge in [0.15, 0.2) is 0 Å². The summed E-state index contributed by atoms with van der Waals surface area (Å²) in [5, 5.41) is 6.54. The Bertz CT molecular complexity index is 242. The van der Waals surface area contributed by atoms with Crippen molar-refractivity contribution in [1.29, 1.82) is 0 Å². The van der Waals surface area contributed by atoms with Gasteiger partial charge in [0.1, 0.15) is 0 Å². The molecule has 0 aromatic heterocycles. The van der Waals surface area contributed by atoms with Crippen molar-refractivity contribution in [1.82, 2.24) is 15.5 Å². The van der Waals surface area contributed by atoms with Crippen LogP contribution in [0.15, 0.2) is 0 Å². The lowest BCUT2D eigenvalue weighted by Gasteiger charge is -2.44. The normalized spacial score (nSPS) is 35.2. The van der Waals surface area contributed by atoms with Crippen LogP contribution in [0.3, 0.4) is 0 Å². The molecular weight excluding hydrogens is 178 g/mol. The Balaban J connectivity index is 1.87. The molecule has 4 nitrogen and oxygen atoms in total. The van der Waals surface area contributed by atoms with Gasteiger partial charge in [0, 0.05) is 13.1 Å². The monoisotopic (exact) mass is 197 g/mol. The molecule has 14 heavy (non-hydrogen) atoms. The molecule has 0 bridgehead atoms. The third-order valence-electron chi connectivity index (χ3n) is 3.40. The van der Waals surface area contributed by atoms with Gasteiger partial charge in [-0.2, -0.15) is 0 Å². The zero-order valence-electron chi connectivity index (χ0n) is 8.97. The third kappa shape index (κ3) is 1.64. The van der Waals surface area contributed by atoms with Crippen molar-refractivity contribution in [2.24, 2.45) is 5.92 Å². The van der Waals surface area contributed by atoms with Crippen molar-refractivity contribution < 1.29 is 4.79 Å². The van der Waals surface area contributed by atoms with Gasteiger partial charge in [-0.3, -0.25) is 4.79 Å². The molecule has 1 amide bonds. The molecule has 1 heterocycles. The number of fused-ring (bicyclic) bond motifs is 1. The Morgan fingerprint density at radius 2 is 2.43 bits per heavy atom. The number of nitrogens with zero attached hydrogens (tertiary/aromatic N) is 1. The Labute approximate surface area is 85.0 Å². The Morgan fingerprint density at radius 3 is 2.93 bits per heavy atom. The Morgan fingerprint density at radius 1 is 1.64 bits per heavy atom. The fraction of sp³-hybridized carbons (Fsp3) is 0.900. The van der Waals surface area contributed by atoms with Crippen molar-refractivity contribution in [2.75, 3.05) is 33.7 Å². The lowest BCUT2D eigenvalue weighted by Crippen LogP contribution is -2.61. The van der Waals surface area contributed by atoms with Crippen LogP contribution < -0.4 is 10.6 Å². The first-order valence-corrected chi connectivity index (χ1v) is 5.29. The molecule has 80 valence electrons. The fourth-order valence-electron chi connectivity index (χ4n) is 2.51. The van der Waals surface area contributed by atoms with E-state index in [1.807, 2.05) is 19.0 Å². The number of likely N-dealkylation sites (N-methyl/N-ethyl adjacent to an activating group) is 1. The number of nitrogens with one attached hydrogen (secondary N) is 2. The summed E-state index contributed by atoms with van der Waals surface area (Å²) in [6.07, 6.45) is 2.40. The van der Waals surface area contributed by atoms with Gasteiger partial charge in [-0.15, -0.1) is 0 Å². The van der Waals surface area contributed by atoms with E-state index in [1.54, 1.807) is 0 Å². The van der Waals surface area contributed by atoms with Crippen molar-refractivity contribution in [3.63, 3.8) is 0 Å². The maximum absolute atomic E-state index is 11.6. The van der Waals surface area contributed by atoms with E-state index in [0.29, 0.717) is 12.5 Å². The standard InChI is InChI=1S/C10H19N3O/c1-13(2)6-9(14)12-10-4-3-8(10)5-11-7-10/h8,11H,3-7H2,1-2H3,(H,12,14). The zero-order valence-corrected chi connectivity index (χ0v) is 8.97. The van der Waals surface area contributed by atoms with Gasteiger partial charge in [-0.05, 0) is 32.9 Å². The molecular formula is C10H19N3O. The predicted molar refractivity (Wildman–Crippen MR) is 55.0 cm³/mol. The quantitative estimate of drug-likeness (QED) is 0.636. The van der Waals surface area contributed by atoms with Crippen LogP contribution in [0.4, 0.5) is 0 Å². The molecule has 1 saturated carbocycles. The number of carbonyl (C=O) groups excluding carboxylic acids is 1. The van der Waals surface area contributed by atoms with Crippen LogP contribution in [0.1, 0.15) is 12.8 Å². The summed E-state index contributed by atoms with van der Waals surface area (Å²) in [5.74, 6) is 0.831. The van der Waals surface area contributed by atoms with Crippen molar-refractivity contribution in [3.8, 4) is 0 Å². The number of hydrogen-bond acceptors (Lipinski definition) is 3. The van der Waals surface area contributed by atoms with E-state index in [1.165, 1.54) is 6.42 Å². The van der Waals surface area contributed by atoms with Gasteiger partial charge in [0.2, 0.25) is 5.91 Å². The molecule has 1 aliphatic heterocycles. The van der Waals surface area contributed by atoms with Gasteiger partial charge in [-0.1, -0.05) is 0 Å². The van der Waals surface area contributed by atoms with E-state index in [4.69, 9.17) is 0 Å². The average molecular weight is 197 g/mol. The van der Waals surface area contributed by atoms with Gasteiger partial charge < -0.3 is 15.5 Å². The summed E-state index contributed by atoms with van der Waals surface area (Å²) in [6, 6.07) is 0. The average Bonchev–Trinajstić information content (AvgIpc) is 2.30. The SMILES string of the molecule is CN(C)CC(=O)NC12CCC1CNC2. The van der Waals surface area contributed by atoms with Crippen LogP contribution in [0, 0.1) is 5.92 Å².